The van der Waals surface area contributed by atoms with Crippen LogP contribution in [0.25, 0.3) is 0 Å². The number of para-hydroxylation sites is 2. The maximum atomic E-state index is 12.8. The lowest BCUT2D eigenvalue weighted by Gasteiger charge is -2.35. The van der Waals surface area contributed by atoms with Crippen LogP contribution in [0.2, 0.25) is 0 Å². The zero-order chi connectivity index (χ0) is 17.9. The smallest absolute Gasteiger partial charge is 0.243 e. The SMILES string of the molecule is CCOc1ccc(S(=O)(=O)N2CCN(c3ccccc3O)CC2)cc1. The molecule has 1 aliphatic heterocycles. The Kier molecular flexibility index (Phi) is 5.15. The average molecular weight is 362 g/mol. The van der Waals surface area contributed by atoms with Gasteiger partial charge in [0.05, 0.1) is 17.2 Å². The molecule has 2 aromatic rings. The second-order valence-corrected chi connectivity index (χ2v) is 7.72. The van der Waals surface area contributed by atoms with Gasteiger partial charge in [0.25, 0.3) is 0 Å². The summed E-state index contributed by atoms with van der Waals surface area (Å²) in [5.74, 6) is 0.871. The predicted octanol–water partition coefficient (Wildman–Crippen LogP) is 2.30. The lowest BCUT2D eigenvalue weighted by atomic mass is 10.2. The molecule has 0 saturated carbocycles. The number of sulfonamides is 1. The van der Waals surface area contributed by atoms with Gasteiger partial charge >= 0.3 is 0 Å². The third-order valence-corrected chi connectivity index (χ3v) is 6.15. The first-order valence-corrected chi connectivity index (χ1v) is 9.72. The highest BCUT2D eigenvalue weighted by atomic mass is 32.2. The molecule has 0 radical (unpaired) electrons. The average Bonchev–Trinajstić information content (AvgIpc) is 2.63. The lowest BCUT2D eigenvalue weighted by Crippen LogP contribution is -2.48. The van der Waals surface area contributed by atoms with Crippen molar-refractivity contribution < 1.29 is 18.3 Å². The van der Waals surface area contributed by atoms with Gasteiger partial charge in [0.1, 0.15) is 11.5 Å². The van der Waals surface area contributed by atoms with Gasteiger partial charge in [-0.05, 0) is 43.3 Å². The Morgan fingerprint density at radius 2 is 1.64 bits per heavy atom. The molecule has 0 bridgehead atoms. The highest BCUT2D eigenvalue weighted by Gasteiger charge is 2.29. The number of aromatic hydroxyl groups is 1. The molecule has 0 atom stereocenters. The summed E-state index contributed by atoms with van der Waals surface area (Å²) in [6.07, 6.45) is 0. The molecule has 0 aliphatic carbocycles. The van der Waals surface area contributed by atoms with E-state index in [2.05, 4.69) is 0 Å². The number of ether oxygens (including phenoxy) is 1. The zero-order valence-corrected chi connectivity index (χ0v) is 14.9. The molecule has 2 aromatic carbocycles. The van der Waals surface area contributed by atoms with Crippen LogP contribution < -0.4 is 9.64 Å². The molecular formula is C18H22N2O4S. The van der Waals surface area contributed by atoms with Crippen LogP contribution in [0.4, 0.5) is 5.69 Å². The van der Waals surface area contributed by atoms with E-state index in [1.54, 1.807) is 36.4 Å². The van der Waals surface area contributed by atoms with Crippen LogP contribution in [0.5, 0.6) is 11.5 Å². The molecule has 7 heteroatoms. The summed E-state index contributed by atoms with van der Waals surface area (Å²) in [6, 6.07) is 13.6. The van der Waals surface area contributed by atoms with E-state index in [0.717, 1.165) is 5.69 Å². The zero-order valence-electron chi connectivity index (χ0n) is 14.1. The standard InChI is InChI=1S/C18H22N2O4S/c1-2-24-15-7-9-16(10-8-15)25(22,23)20-13-11-19(12-14-20)17-5-3-4-6-18(17)21/h3-10,21H,2,11-14H2,1H3. The topological polar surface area (TPSA) is 70.1 Å². The fourth-order valence-electron chi connectivity index (χ4n) is 2.92. The molecule has 1 aliphatic rings. The molecule has 3 rings (SSSR count). The van der Waals surface area contributed by atoms with Crippen molar-refractivity contribution in [2.75, 3.05) is 37.7 Å². The van der Waals surface area contributed by atoms with E-state index in [1.165, 1.54) is 4.31 Å². The van der Waals surface area contributed by atoms with Crippen molar-refractivity contribution in [1.82, 2.24) is 4.31 Å². The van der Waals surface area contributed by atoms with Crippen molar-refractivity contribution in [2.45, 2.75) is 11.8 Å². The molecule has 1 N–H and O–H groups in total. The maximum Gasteiger partial charge on any atom is 0.243 e. The molecule has 25 heavy (non-hydrogen) atoms. The van der Waals surface area contributed by atoms with Gasteiger partial charge in [0.2, 0.25) is 10.0 Å². The van der Waals surface area contributed by atoms with Gasteiger partial charge in [-0.25, -0.2) is 8.42 Å². The second kappa shape index (κ2) is 7.33. The molecular weight excluding hydrogens is 340 g/mol. The summed E-state index contributed by atoms with van der Waals surface area (Å²) < 4.78 is 32.4. The first kappa shape index (κ1) is 17.6. The summed E-state index contributed by atoms with van der Waals surface area (Å²) in [5.41, 5.74) is 0.737. The summed E-state index contributed by atoms with van der Waals surface area (Å²) in [5, 5.41) is 9.95. The fraction of sp³-hybridized carbons (Fsp3) is 0.333. The molecule has 1 fully saturated rings. The summed E-state index contributed by atoms with van der Waals surface area (Å²) >= 11 is 0. The normalized spacial score (nSPS) is 16.0. The first-order valence-electron chi connectivity index (χ1n) is 8.28. The van der Waals surface area contributed by atoms with Crippen molar-refractivity contribution in [3.63, 3.8) is 0 Å². The molecule has 0 aromatic heterocycles. The summed E-state index contributed by atoms with van der Waals surface area (Å²) in [7, 11) is -3.52. The number of hydrogen-bond donors (Lipinski definition) is 1. The quantitative estimate of drug-likeness (QED) is 0.884. The lowest BCUT2D eigenvalue weighted by molar-refractivity contribution is 0.340. The van der Waals surface area contributed by atoms with Crippen molar-refractivity contribution in [3.05, 3.63) is 48.5 Å². The number of nitrogens with zero attached hydrogens (tertiary/aromatic N) is 2. The van der Waals surface area contributed by atoms with Gasteiger partial charge in [-0.2, -0.15) is 4.31 Å². The largest absolute Gasteiger partial charge is 0.506 e. The first-order chi connectivity index (χ1) is 12.0. The Balaban J connectivity index is 1.70. The van der Waals surface area contributed by atoms with Gasteiger partial charge in [0, 0.05) is 26.2 Å². The minimum absolute atomic E-state index is 0.213. The molecule has 0 unspecified atom stereocenters. The Labute approximate surface area is 148 Å². The third kappa shape index (κ3) is 3.72. The van der Waals surface area contributed by atoms with E-state index < -0.39 is 10.0 Å². The van der Waals surface area contributed by atoms with E-state index >= 15 is 0 Å². The van der Waals surface area contributed by atoms with Crippen molar-refractivity contribution >= 4 is 15.7 Å². The van der Waals surface area contributed by atoms with Crippen LogP contribution in [0.3, 0.4) is 0 Å². The second-order valence-electron chi connectivity index (χ2n) is 5.78. The molecule has 0 spiro atoms. The number of hydrogen-bond acceptors (Lipinski definition) is 5. The van der Waals surface area contributed by atoms with Crippen molar-refractivity contribution in [1.29, 1.82) is 0 Å². The molecule has 134 valence electrons. The van der Waals surface area contributed by atoms with Gasteiger partial charge in [0.15, 0.2) is 0 Å². The Morgan fingerprint density at radius 3 is 2.24 bits per heavy atom. The maximum absolute atomic E-state index is 12.8. The van der Waals surface area contributed by atoms with Crippen LogP contribution in [-0.4, -0.2) is 50.6 Å². The van der Waals surface area contributed by atoms with Gasteiger partial charge < -0.3 is 14.7 Å². The van der Waals surface area contributed by atoms with Crippen molar-refractivity contribution in [3.8, 4) is 11.5 Å². The van der Waals surface area contributed by atoms with Gasteiger partial charge in [-0.3, -0.25) is 0 Å². The van der Waals surface area contributed by atoms with Gasteiger partial charge in [-0.1, -0.05) is 12.1 Å². The Morgan fingerprint density at radius 1 is 1.00 bits per heavy atom. The minimum atomic E-state index is -3.52. The monoisotopic (exact) mass is 362 g/mol. The van der Waals surface area contributed by atoms with E-state index in [4.69, 9.17) is 4.74 Å². The van der Waals surface area contributed by atoms with Crippen LogP contribution in [0.15, 0.2) is 53.4 Å². The molecule has 1 saturated heterocycles. The van der Waals surface area contributed by atoms with Crippen LogP contribution >= 0.6 is 0 Å². The molecule has 6 nitrogen and oxygen atoms in total. The van der Waals surface area contributed by atoms with Crippen LogP contribution in [-0.2, 0) is 10.0 Å². The van der Waals surface area contributed by atoms with E-state index in [1.807, 2.05) is 24.0 Å². The predicted molar refractivity (Wildman–Crippen MR) is 96.7 cm³/mol. The number of piperazine rings is 1. The summed E-state index contributed by atoms with van der Waals surface area (Å²) in [6.45, 7) is 4.25. The van der Waals surface area contributed by atoms with E-state index in [9.17, 15) is 13.5 Å². The fourth-order valence-corrected chi connectivity index (χ4v) is 4.35. The van der Waals surface area contributed by atoms with Crippen LogP contribution in [0, 0.1) is 0 Å². The minimum Gasteiger partial charge on any atom is -0.506 e. The van der Waals surface area contributed by atoms with Crippen LogP contribution in [0.1, 0.15) is 6.92 Å². The molecule has 0 amide bonds. The van der Waals surface area contributed by atoms with Crippen molar-refractivity contribution in [2.24, 2.45) is 0 Å². The van der Waals surface area contributed by atoms with E-state index in [0.29, 0.717) is 38.5 Å². The third-order valence-electron chi connectivity index (χ3n) is 4.23. The number of phenolic OH excluding ortho intramolecular Hbond substituents is 1. The number of benzene rings is 2. The van der Waals surface area contributed by atoms with Gasteiger partial charge in [-0.15, -0.1) is 0 Å². The Bertz CT molecular complexity index is 813. The van der Waals surface area contributed by atoms with E-state index in [-0.39, 0.29) is 10.6 Å². The number of anilines is 1. The highest BCUT2D eigenvalue weighted by Crippen LogP contribution is 2.28. The Hall–Kier alpha value is -2.25. The highest BCUT2D eigenvalue weighted by molar-refractivity contribution is 7.89. The number of phenols is 1. The molecule has 1 heterocycles. The summed E-state index contributed by atoms with van der Waals surface area (Å²) in [4.78, 5) is 2.27. The number of rotatable bonds is 5.